The molecule has 292 valence electrons. The van der Waals surface area contributed by atoms with E-state index in [0.29, 0.717) is 32.5 Å². The zero-order valence-electron chi connectivity index (χ0n) is 33.3. The fourth-order valence-electron chi connectivity index (χ4n) is 7.32. The molecule has 6 aromatic heterocycles. The Morgan fingerprint density at radius 3 is 2.00 bits per heavy atom. The molecule has 0 amide bonds. The summed E-state index contributed by atoms with van der Waals surface area (Å²) in [6.07, 6.45) is 5.63. The lowest BCUT2D eigenvalue weighted by Crippen LogP contribution is -2.20. The fourth-order valence-corrected chi connectivity index (χ4v) is 8.54. The van der Waals surface area contributed by atoms with Crippen LogP contribution < -0.4 is 11.2 Å². The van der Waals surface area contributed by atoms with Gasteiger partial charge in [-0.25, -0.2) is 14.8 Å². The lowest BCUT2D eigenvalue weighted by molar-refractivity contribution is 0.0979. The molecular formula is C48H39N5O5S. The summed E-state index contributed by atoms with van der Waals surface area (Å²) in [6, 6.07) is 34.0. The Hall–Kier alpha value is -7.24. The number of fused-ring (bicyclic) bond motifs is 8. The molecule has 11 rings (SSSR count). The van der Waals surface area contributed by atoms with Crippen molar-refractivity contribution in [2.24, 2.45) is 21.1 Å². The minimum absolute atomic E-state index is 0.00458. The quantitative estimate of drug-likeness (QED) is 0.140. The Bertz CT molecular complexity index is 3400. The lowest BCUT2D eigenvalue weighted by Gasteiger charge is -2.17. The van der Waals surface area contributed by atoms with Crippen molar-refractivity contribution in [2.75, 3.05) is 0 Å². The van der Waals surface area contributed by atoms with Gasteiger partial charge in [-0.15, -0.1) is 11.3 Å². The molecule has 0 aliphatic heterocycles. The molecule has 1 aliphatic rings. The van der Waals surface area contributed by atoms with Crippen molar-refractivity contribution in [1.29, 1.82) is 0 Å². The first kappa shape index (κ1) is 38.6. The van der Waals surface area contributed by atoms with E-state index in [2.05, 4.69) is 58.1 Å². The van der Waals surface area contributed by atoms with Crippen molar-refractivity contribution in [2.45, 2.75) is 20.8 Å². The number of carbonyl (C=O) groups is 2. The van der Waals surface area contributed by atoms with E-state index in [-0.39, 0.29) is 22.8 Å². The monoisotopic (exact) mass is 797 g/mol. The number of rotatable bonds is 0. The SMILES string of the molecule is Cc1cc(C)c2c(n1)sc1c(=O)n(C)cnc12.Cc1ccc2c(c1)C(=O)c1ccccc1C2=O.Cn1ccc2cc3ccc(=O)oc3cc21.Cn1ccc2ccccc21. The maximum absolute atomic E-state index is 12.3. The highest BCUT2D eigenvalue weighted by Crippen LogP contribution is 2.32. The molecule has 0 bridgehead atoms. The number of carbonyl (C=O) groups excluding carboxylic acids is 2. The number of nitrogens with zero attached hydrogens (tertiary/aromatic N) is 5. The number of pyridine rings is 1. The Kier molecular flexibility index (Phi) is 10.2. The number of hydrogen-bond acceptors (Lipinski definition) is 8. The van der Waals surface area contributed by atoms with Gasteiger partial charge in [0.25, 0.3) is 5.56 Å². The Morgan fingerprint density at radius 2 is 1.25 bits per heavy atom. The van der Waals surface area contributed by atoms with Crippen LogP contribution in [-0.4, -0.2) is 35.2 Å². The summed E-state index contributed by atoms with van der Waals surface area (Å²) in [5.74, 6) is -0.117. The van der Waals surface area contributed by atoms with Crippen molar-refractivity contribution >= 4 is 76.1 Å². The molecule has 0 unspecified atom stereocenters. The highest BCUT2D eigenvalue weighted by Gasteiger charge is 2.29. The maximum atomic E-state index is 12.3. The minimum Gasteiger partial charge on any atom is -0.423 e. The van der Waals surface area contributed by atoms with Crippen molar-refractivity contribution < 1.29 is 14.0 Å². The molecular weight excluding hydrogens is 759 g/mol. The molecule has 0 fully saturated rings. The molecule has 0 radical (unpaired) electrons. The first-order valence-corrected chi connectivity index (χ1v) is 19.7. The van der Waals surface area contributed by atoms with Gasteiger partial charge in [0.2, 0.25) is 0 Å². The smallest absolute Gasteiger partial charge is 0.336 e. The van der Waals surface area contributed by atoms with Crippen LogP contribution >= 0.6 is 11.3 Å². The molecule has 0 saturated carbocycles. The average molecular weight is 798 g/mol. The Morgan fingerprint density at radius 1 is 0.593 bits per heavy atom. The molecule has 0 saturated heterocycles. The maximum Gasteiger partial charge on any atom is 0.336 e. The van der Waals surface area contributed by atoms with Crippen LogP contribution in [0.2, 0.25) is 0 Å². The second kappa shape index (κ2) is 15.6. The van der Waals surface area contributed by atoms with E-state index in [9.17, 15) is 19.2 Å². The fraction of sp³-hybridized carbons (Fsp3) is 0.125. The third-order valence-corrected chi connectivity index (χ3v) is 11.4. The number of aromatic nitrogens is 5. The van der Waals surface area contributed by atoms with Gasteiger partial charge < -0.3 is 18.1 Å². The second-order valence-corrected chi connectivity index (χ2v) is 15.6. The molecule has 0 N–H and O–H groups in total. The summed E-state index contributed by atoms with van der Waals surface area (Å²) in [6.45, 7) is 5.91. The summed E-state index contributed by atoms with van der Waals surface area (Å²) in [4.78, 5) is 57.3. The number of aryl methyl sites for hydroxylation is 6. The van der Waals surface area contributed by atoms with Crippen LogP contribution in [0.15, 0.2) is 142 Å². The normalized spacial score (nSPS) is 11.8. The first-order chi connectivity index (χ1) is 28.4. The van der Waals surface area contributed by atoms with Crippen molar-refractivity contribution in [1.82, 2.24) is 23.7 Å². The van der Waals surface area contributed by atoms with Gasteiger partial charge in [0.15, 0.2) is 11.6 Å². The summed E-state index contributed by atoms with van der Waals surface area (Å²) < 4.78 is 11.4. The van der Waals surface area contributed by atoms with Crippen LogP contribution in [0.1, 0.15) is 48.7 Å². The lowest BCUT2D eigenvalue weighted by atomic mass is 9.83. The molecule has 0 spiro atoms. The summed E-state index contributed by atoms with van der Waals surface area (Å²) in [5, 5.41) is 4.42. The summed E-state index contributed by atoms with van der Waals surface area (Å²) in [5.41, 5.74) is 8.60. The molecule has 1 aliphatic carbocycles. The van der Waals surface area contributed by atoms with Gasteiger partial charge >= 0.3 is 5.63 Å². The molecule has 6 heterocycles. The van der Waals surface area contributed by atoms with Gasteiger partial charge in [0.1, 0.15) is 15.1 Å². The third-order valence-electron chi connectivity index (χ3n) is 10.3. The number of thiophene rings is 1. The number of ketones is 2. The Labute approximate surface area is 342 Å². The van der Waals surface area contributed by atoms with Gasteiger partial charge in [0, 0.05) is 95.3 Å². The molecule has 59 heavy (non-hydrogen) atoms. The summed E-state index contributed by atoms with van der Waals surface area (Å²) in [7, 11) is 5.74. The molecule has 10 aromatic rings. The van der Waals surface area contributed by atoms with Crippen molar-refractivity contribution in [3.8, 4) is 0 Å². The van der Waals surface area contributed by atoms with Gasteiger partial charge in [-0.3, -0.25) is 14.4 Å². The standard InChI is InChI=1S/C15H10O2.C12H11N3OS.C12H9NO2.C9H9N/c1-9-6-7-12-13(8-9)15(17)11-5-3-2-4-10(11)14(12)16;1-6-4-7(2)14-11-8(6)9-10(17-11)12(16)15(3)5-13-9;1-13-5-4-8-6-9-2-3-12(14)15-11(9)7-10(8)13;1-10-7-6-8-4-2-3-5-9(8)10/h2-8H,1H3;4-5H,1-3H3;2-7H,1H3;2-7H,1H3. The van der Waals surface area contributed by atoms with E-state index in [1.54, 1.807) is 55.8 Å². The molecule has 11 heteroatoms. The van der Waals surface area contributed by atoms with Crippen molar-refractivity contribution in [3.63, 3.8) is 0 Å². The molecule has 0 atom stereocenters. The average Bonchev–Trinajstić information content (AvgIpc) is 3.92. The predicted octanol–water partition coefficient (Wildman–Crippen LogP) is 9.39. The highest BCUT2D eigenvalue weighted by molar-refractivity contribution is 7.25. The third kappa shape index (κ3) is 7.39. The van der Waals surface area contributed by atoms with E-state index in [0.717, 1.165) is 48.8 Å². The van der Waals surface area contributed by atoms with Crippen LogP contribution in [-0.2, 0) is 21.1 Å². The first-order valence-electron chi connectivity index (χ1n) is 18.9. The van der Waals surface area contributed by atoms with E-state index < -0.39 is 0 Å². The van der Waals surface area contributed by atoms with Gasteiger partial charge in [-0.2, -0.15) is 0 Å². The van der Waals surface area contributed by atoms with Crippen LogP contribution in [0.5, 0.6) is 0 Å². The van der Waals surface area contributed by atoms with Crippen molar-refractivity contribution in [3.05, 3.63) is 188 Å². The van der Waals surface area contributed by atoms with Gasteiger partial charge in [0.05, 0.1) is 17.4 Å². The van der Waals surface area contributed by atoms with Crippen LogP contribution in [0.4, 0.5) is 0 Å². The van der Waals surface area contributed by atoms with Gasteiger partial charge in [-0.05, 0) is 74.2 Å². The number of benzene rings is 4. The van der Waals surface area contributed by atoms with E-state index in [4.69, 9.17) is 4.42 Å². The Balaban J connectivity index is 0.000000111. The predicted molar refractivity (Wildman–Crippen MR) is 236 cm³/mol. The van der Waals surface area contributed by atoms with Crippen LogP contribution in [0, 0.1) is 20.8 Å². The number of hydrogen-bond donors (Lipinski definition) is 0. The zero-order chi connectivity index (χ0) is 41.5. The number of para-hydroxylation sites is 1. The highest BCUT2D eigenvalue weighted by atomic mass is 32.1. The topological polar surface area (TPSA) is 122 Å². The molecule has 10 nitrogen and oxygen atoms in total. The van der Waals surface area contributed by atoms with E-state index in [1.807, 2.05) is 68.9 Å². The summed E-state index contributed by atoms with van der Waals surface area (Å²) >= 11 is 1.42. The minimum atomic E-state index is -0.309. The van der Waals surface area contributed by atoms with E-state index >= 15 is 0 Å². The second-order valence-electron chi connectivity index (χ2n) is 14.6. The van der Waals surface area contributed by atoms with Crippen LogP contribution in [0.25, 0.3) is 53.2 Å². The van der Waals surface area contributed by atoms with E-state index in [1.165, 1.54) is 32.9 Å². The van der Waals surface area contributed by atoms with Gasteiger partial charge in [-0.1, -0.05) is 60.2 Å². The van der Waals surface area contributed by atoms with Crippen LogP contribution in [0.3, 0.4) is 0 Å². The molecule has 4 aromatic carbocycles. The largest absolute Gasteiger partial charge is 0.423 e. The zero-order valence-corrected chi connectivity index (χ0v) is 34.1.